The summed E-state index contributed by atoms with van der Waals surface area (Å²) in [6.45, 7) is 0.563. The molecule has 3 nitrogen and oxygen atoms in total. The molecule has 110 valence electrons. The van der Waals surface area contributed by atoms with Gasteiger partial charge in [0.05, 0.1) is 18.2 Å². The molecule has 1 unspecified atom stereocenters. The number of halogens is 3. The summed E-state index contributed by atoms with van der Waals surface area (Å²) in [5.74, 6) is 0. The summed E-state index contributed by atoms with van der Waals surface area (Å²) in [6, 6.07) is 3.79. The van der Waals surface area contributed by atoms with E-state index in [0.717, 1.165) is 18.9 Å². The molecule has 0 amide bonds. The van der Waals surface area contributed by atoms with Gasteiger partial charge in [0.15, 0.2) is 0 Å². The van der Waals surface area contributed by atoms with Gasteiger partial charge in [-0.2, -0.15) is 13.2 Å². The maximum absolute atomic E-state index is 13.1. The molecule has 1 saturated heterocycles. The number of benzene rings is 1. The summed E-state index contributed by atoms with van der Waals surface area (Å²) in [5, 5.41) is 9.27. The predicted octanol–water partition coefficient (Wildman–Crippen LogP) is 2.30. The molecule has 2 rings (SSSR count). The summed E-state index contributed by atoms with van der Waals surface area (Å²) in [7, 11) is 0. The van der Waals surface area contributed by atoms with E-state index >= 15 is 0 Å². The molecule has 1 atom stereocenters. The molecule has 0 aromatic heterocycles. The van der Waals surface area contributed by atoms with Crippen molar-refractivity contribution in [2.45, 2.75) is 25.1 Å². The molecule has 1 fully saturated rings. The van der Waals surface area contributed by atoms with Crippen LogP contribution in [0.5, 0.6) is 0 Å². The monoisotopic (exact) mass is 304 g/mol. The van der Waals surface area contributed by atoms with Crippen LogP contribution in [0.2, 0.25) is 0 Å². The van der Waals surface area contributed by atoms with E-state index in [9.17, 15) is 18.3 Å². The Kier molecular flexibility index (Phi) is 4.19. The van der Waals surface area contributed by atoms with Crippen molar-refractivity contribution in [3.63, 3.8) is 0 Å². The second-order valence-electron chi connectivity index (χ2n) is 4.76. The van der Waals surface area contributed by atoms with Gasteiger partial charge < -0.3 is 15.7 Å². The van der Waals surface area contributed by atoms with Crippen molar-refractivity contribution >= 4 is 22.9 Å². The van der Waals surface area contributed by atoms with Crippen LogP contribution in [-0.2, 0) is 6.18 Å². The molecule has 0 bridgehead atoms. The molecule has 0 radical (unpaired) electrons. The lowest BCUT2D eigenvalue weighted by molar-refractivity contribution is -0.137. The van der Waals surface area contributed by atoms with Gasteiger partial charge >= 0.3 is 6.18 Å². The summed E-state index contributed by atoms with van der Waals surface area (Å²) < 4.78 is 39.2. The molecule has 1 aromatic rings. The van der Waals surface area contributed by atoms with Crippen LogP contribution >= 0.6 is 12.2 Å². The lowest BCUT2D eigenvalue weighted by Gasteiger charge is -2.26. The van der Waals surface area contributed by atoms with E-state index in [1.807, 2.05) is 0 Å². The van der Waals surface area contributed by atoms with Gasteiger partial charge in [0.25, 0.3) is 0 Å². The van der Waals surface area contributed by atoms with Crippen LogP contribution in [0.1, 0.15) is 24.0 Å². The van der Waals surface area contributed by atoms with Crippen molar-refractivity contribution in [1.82, 2.24) is 0 Å². The van der Waals surface area contributed by atoms with Gasteiger partial charge in [-0.3, -0.25) is 0 Å². The summed E-state index contributed by atoms with van der Waals surface area (Å²) >= 11 is 4.67. The van der Waals surface area contributed by atoms with Gasteiger partial charge in [0.2, 0.25) is 0 Å². The van der Waals surface area contributed by atoms with Gasteiger partial charge in [-0.05, 0) is 31.0 Å². The SMILES string of the molecule is NC(=S)c1ccc(N2CCCC2CO)cc1C(F)(F)F. The number of anilines is 1. The largest absolute Gasteiger partial charge is 0.417 e. The normalized spacial score (nSPS) is 19.4. The molecule has 0 spiro atoms. The van der Waals surface area contributed by atoms with Crippen molar-refractivity contribution < 1.29 is 18.3 Å². The second-order valence-corrected chi connectivity index (χ2v) is 5.20. The molecule has 1 aromatic carbocycles. The molecule has 0 aliphatic carbocycles. The standard InChI is InChI=1S/C13H15F3N2OS/c14-13(15,16)11-6-8(3-4-10(11)12(17)20)18-5-1-2-9(18)7-19/h3-4,6,9,19H,1-2,5,7H2,(H2,17,20). The molecule has 3 N–H and O–H groups in total. The average molecular weight is 304 g/mol. The Morgan fingerprint density at radius 2 is 2.15 bits per heavy atom. The summed E-state index contributed by atoms with van der Waals surface area (Å²) in [4.78, 5) is 1.52. The second kappa shape index (κ2) is 5.57. The Bertz CT molecular complexity index is 519. The number of aliphatic hydroxyl groups excluding tert-OH is 1. The third kappa shape index (κ3) is 2.88. The van der Waals surface area contributed by atoms with E-state index in [2.05, 4.69) is 12.2 Å². The minimum absolute atomic E-state index is 0.0710. The molecular weight excluding hydrogens is 289 g/mol. The molecular formula is C13H15F3N2OS. The Labute approximate surface area is 120 Å². The van der Waals surface area contributed by atoms with Crippen molar-refractivity contribution in [1.29, 1.82) is 0 Å². The van der Waals surface area contributed by atoms with Crippen LogP contribution in [0.15, 0.2) is 18.2 Å². The van der Waals surface area contributed by atoms with E-state index in [1.165, 1.54) is 6.07 Å². The first kappa shape index (κ1) is 15.1. The van der Waals surface area contributed by atoms with E-state index in [-0.39, 0.29) is 23.2 Å². The summed E-state index contributed by atoms with van der Waals surface area (Å²) in [5.41, 5.74) is 4.79. The van der Waals surface area contributed by atoms with E-state index in [1.54, 1.807) is 11.0 Å². The van der Waals surface area contributed by atoms with Crippen molar-refractivity contribution in [2.24, 2.45) is 5.73 Å². The lowest BCUT2D eigenvalue weighted by Crippen LogP contribution is -2.32. The van der Waals surface area contributed by atoms with Crippen LogP contribution < -0.4 is 10.6 Å². The fourth-order valence-electron chi connectivity index (χ4n) is 2.53. The van der Waals surface area contributed by atoms with Gasteiger partial charge in [-0.15, -0.1) is 0 Å². The number of hydrogen-bond donors (Lipinski definition) is 2. The highest BCUT2D eigenvalue weighted by molar-refractivity contribution is 7.80. The average Bonchev–Trinajstić information content (AvgIpc) is 2.85. The molecule has 1 aliphatic heterocycles. The first-order valence-electron chi connectivity index (χ1n) is 6.23. The minimum atomic E-state index is -4.51. The van der Waals surface area contributed by atoms with Crippen LogP contribution in [0.3, 0.4) is 0 Å². The number of hydrogen-bond acceptors (Lipinski definition) is 3. The van der Waals surface area contributed by atoms with Crippen LogP contribution in [0.25, 0.3) is 0 Å². The van der Waals surface area contributed by atoms with Gasteiger partial charge in [-0.1, -0.05) is 12.2 Å². The number of nitrogens with zero attached hydrogens (tertiary/aromatic N) is 1. The smallest absolute Gasteiger partial charge is 0.394 e. The zero-order valence-electron chi connectivity index (χ0n) is 10.7. The number of nitrogens with two attached hydrogens (primary N) is 1. The van der Waals surface area contributed by atoms with Crippen molar-refractivity contribution in [3.05, 3.63) is 29.3 Å². The molecule has 1 heterocycles. The van der Waals surface area contributed by atoms with Crippen molar-refractivity contribution in [3.8, 4) is 0 Å². The topological polar surface area (TPSA) is 49.5 Å². The Hall–Kier alpha value is -1.34. The Morgan fingerprint density at radius 1 is 1.45 bits per heavy atom. The van der Waals surface area contributed by atoms with Crippen LogP contribution in [-0.4, -0.2) is 29.3 Å². The highest BCUT2D eigenvalue weighted by Gasteiger charge is 2.35. The van der Waals surface area contributed by atoms with E-state index < -0.39 is 11.7 Å². The van der Waals surface area contributed by atoms with Crippen molar-refractivity contribution in [2.75, 3.05) is 18.1 Å². The third-order valence-electron chi connectivity index (χ3n) is 3.49. The van der Waals surface area contributed by atoms with E-state index in [4.69, 9.17) is 5.73 Å². The predicted molar refractivity (Wildman–Crippen MR) is 74.8 cm³/mol. The molecule has 7 heteroatoms. The zero-order valence-corrected chi connectivity index (χ0v) is 11.5. The quantitative estimate of drug-likeness (QED) is 0.841. The molecule has 20 heavy (non-hydrogen) atoms. The maximum Gasteiger partial charge on any atom is 0.417 e. The zero-order chi connectivity index (χ0) is 14.9. The van der Waals surface area contributed by atoms with Crippen LogP contribution in [0, 0.1) is 0 Å². The maximum atomic E-state index is 13.1. The Morgan fingerprint density at radius 3 is 2.70 bits per heavy atom. The third-order valence-corrected chi connectivity index (χ3v) is 3.71. The fourth-order valence-corrected chi connectivity index (χ4v) is 2.70. The fraction of sp³-hybridized carbons (Fsp3) is 0.462. The van der Waals surface area contributed by atoms with Crippen LogP contribution in [0.4, 0.5) is 18.9 Å². The van der Waals surface area contributed by atoms with Gasteiger partial charge in [0.1, 0.15) is 4.99 Å². The number of aliphatic hydroxyl groups is 1. The first-order valence-corrected chi connectivity index (χ1v) is 6.64. The number of thiocarbonyl (C=S) groups is 1. The van der Waals surface area contributed by atoms with Gasteiger partial charge in [-0.25, -0.2) is 0 Å². The summed E-state index contributed by atoms with van der Waals surface area (Å²) in [6.07, 6.45) is -2.89. The van der Waals surface area contributed by atoms with Gasteiger partial charge in [0, 0.05) is 17.8 Å². The lowest BCUT2D eigenvalue weighted by atomic mass is 10.0. The highest BCUT2D eigenvalue weighted by Crippen LogP contribution is 2.36. The number of alkyl halides is 3. The Balaban J connectivity index is 2.44. The minimum Gasteiger partial charge on any atom is -0.394 e. The number of rotatable bonds is 3. The van der Waals surface area contributed by atoms with E-state index in [0.29, 0.717) is 12.2 Å². The first-order chi connectivity index (χ1) is 9.34. The molecule has 0 saturated carbocycles. The highest BCUT2D eigenvalue weighted by atomic mass is 32.1. The molecule has 1 aliphatic rings.